The molecular weight excluding hydrogens is 414 g/mol. The molecule has 1 fully saturated rings. The molecule has 29 heavy (non-hydrogen) atoms. The first-order chi connectivity index (χ1) is 13.9. The van der Waals surface area contributed by atoms with Gasteiger partial charge in [-0.3, -0.25) is 0 Å². The summed E-state index contributed by atoms with van der Waals surface area (Å²) in [6.45, 7) is 1.89. The second kappa shape index (κ2) is 8.82. The van der Waals surface area contributed by atoms with Crippen molar-refractivity contribution in [1.29, 1.82) is 5.26 Å². The summed E-state index contributed by atoms with van der Waals surface area (Å²) in [6.07, 6.45) is 0.650. The molecule has 2 aromatic rings. The van der Waals surface area contributed by atoms with Crippen LogP contribution < -0.4 is 4.90 Å². The van der Waals surface area contributed by atoms with Gasteiger partial charge in [0.25, 0.3) is 0 Å². The van der Waals surface area contributed by atoms with Crippen LogP contribution in [0.3, 0.4) is 0 Å². The Hall–Kier alpha value is -2.60. The van der Waals surface area contributed by atoms with Crippen LogP contribution in [0.4, 0.5) is 5.69 Å². The molecule has 1 aliphatic rings. The molecule has 0 radical (unpaired) electrons. The van der Waals surface area contributed by atoms with Gasteiger partial charge in [-0.1, -0.05) is 11.6 Å². The lowest BCUT2D eigenvalue weighted by Gasteiger charge is -2.24. The molecule has 0 aliphatic carbocycles. The van der Waals surface area contributed by atoms with E-state index in [0.29, 0.717) is 38.2 Å². The van der Waals surface area contributed by atoms with E-state index in [1.807, 2.05) is 12.1 Å². The number of hydrogen-bond acceptors (Lipinski definition) is 6. The van der Waals surface area contributed by atoms with E-state index in [4.69, 9.17) is 16.9 Å². The number of rotatable bonds is 4. The van der Waals surface area contributed by atoms with Gasteiger partial charge in [-0.05, 0) is 48.9 Å². The van der Waals surface area contributed by atoms with Crippen molar-refractivity contribution in [3.8, 4) is 6.07 Å². The number of sulfonamides is 1. The van der Waals surface area contributed by atoms with E-state index in [0.717, 1.165) is 5.69 Å². The predicted octanol–water partition coefficient (Wildman–Crippen LogP) is 2.90. The Morgan fingerprint density at radius 1 is 1.10 bits per heavy atom. The Morgan fingerprint density at radius 2 is 1.83 bits per heavy atom. The van der Waals surface area contributed by atoms with Gasteiger partial charge in [0.05, 0.1) is 29.3 Å². The van der Waals surface area contributed by atoms with E-state index < -0.39 is 16.0 Å². The number of ether oxygens (including phenoxy) is 1. The maximum Gasteiger partial charge on any atom is 0.337 e. The SMILES string of the molecule is COC(=O)c1ccc(S(=O)(=O)N2CCCN(c3ccc(C#N)cc3)CC2)c(Cl)c1. The molecule has 1 aliphatic heterocycles. The van der Waals surface area contributed by atoms with Crippen LogP contribution >= 0.6 is 11.6 Å². The summed E-state index contributed by atoms with van der Waals surface area (Å²) >= 11 is 6.18. The number of anilines is 1. The van der Waals surface area contributed by atoms with Gasteiger partial charge >= 0.3 is 5.97 Å². The summed E-state index contributed by atoms with van der Waals surface area (Å²) in [5, 5.41) is 8.91. The third-order valence-electron chi connectivity index (χ3n) is 4.79. The van der Waals surface area contributed by atoms with Crippen molar-refractivity contribution in [2.24, 2.45) is 0 Å². The number of carbonyl (C=O) groups is 1. The lowest BCUT2D eigenvalue weighted by atomic mass is 10.2. The summed E-state index contributed by atoms with van der Waals surface area (Å²) in [5.74, 6) is -0.580. The van der Waals surface area contributed by atoms with E-state index in [-0.39, 0.29) is 15.5 Å². The largest absolute Gasteiger partial charge is 0.465 e. The predicted molar refractivity (Wildman–Crippen MR) is 110 cm³/mol. The Balaban J connectivity index is 1.78. The molecule has 7 nitrogen and oxygen atoms in total. The zero-order chi connectivity index (χ0) is 21.0. The van der Waals surface area contributed by atoms with Crippen LogP contribution in [0.5, 0.6) is 0 Å². The number of carbonyl (C=O) groups excluding carboxylic acids is 1. The van der Waals surface area contributed by atoms with Crippen molar-refractivity contribution in [2.75, 3.05) is 38.2 Å². The Morgan fingerprint density at radius 3 is 2.45 bits per heavy atom. The molecule has 1 heterocycles. The van der Waals surface area contributed by atoms with Crippen molar-refractivity contribution < 1.29 is 17.9 Å². The van der Waals surface area contributed by atoms with Crippen LogP contribution in [0.2, 0.25) is 5.02 Å². The highest BCUT2D eigenvalue weighted by molar-refractivity contribution is 7.89. The normalized spacial score (nSPS) is 15.4. The monoisotopic (exact) mass is 433 g/mol. The Kier molecular flexibility index (Phi) is 6.42. The average molecular weight is 434 g/mol. The molecule has 0 saturated carbocycles. The van der Waals surface area contributed by atoms with Gasteiger partial charge in [-0.25, -0.2) is 13.2 Å². The Bertz CT molecular complexity index is 1050. The third-order valence-corrected chi connectivity index (χ3v) is 7.17. The molecule has 1 saturated heterocycles. The summed E-state index contributed by atoms with van der Waals surface area (Å²) in [6, 6.07) is 13.4. The first-order valence-electron chi connectivity index (χ1n) is 9.00. The fourth-order valence-corrected chi connectivity index (χ4v) is 5.22. The second-order valence-electron chi connectivity index (χ2n) is 6.54. The minimum absolute atomic E-state index is 0.0129. The average Bonchev–Trinajstić information content (AvgIpc) is 3.00. The summed E-state index contributed by atoms with van der Waals surface area (Å²) in [7, 11) is -2.55. The highest BCUT2D eigenvalue weighted by atomic mass is 35.5. The lowest BCUT2D eigenvalue weighted by Crippen LogP contribution is -2.35. The van der Waals surface area contributed by atoms with Crippen LogP contribution in [0.1, 0.15) is 22.3 Å². The standard InChI is InChI=1S/C20H20ClN3O4S/c1-28-20(25)16-5-8-19(18(21)13-16)29(26,27)24-10-2-9-23(11-12-24)17-6-3-15(14-22)4-7-17/h3-8,13H,2,9-12H2,1H3. The van der Waals surface area contributed by atoms with Crippen molar-refractivity contribution in [2.45, 2.75) is 11.3 Å². The smallest absolute Gasteiger partial charge is 0.337 e. The molecule has 0 atom stereocenters. The molecule has 2 aromatic carbocycles. The number of methoxy groups -OCH3 is 1. The van der Waals surface area contributed by atoms with Gasteiger partial charge in [0.2, 0.25) is 10.0 Å². The van der Waals surface area contributed by atoms with Crippen LogP contribution in [-0.4, -0.2) is 52.0 Å². The van der Waals surface area contributed by atoms with Crippen LogP contribution in [-0.2, 0) is 14.8 Å². The van der Waals surface area contributed by atoms with Gasteiger partial charge in [0, 0.05) is 31.9 Å². The summed E-state index contributed by atoms with van der Waals surface area (Å²) in [4.78, 5) is 13.7. The first-order valence-corrected chi connectivity index (χ1v) is 10.8. The van der Waals surface area contributed by atoms with Gasteiger partial charge in [-0.2, -0.15) is 9.57 Å². The van der Waals surface area contributed by atoms with E-state index in [1.54, 1.807) is 12.1 Å². The topological polar surface area (TPSA) is 90.7 Å². The molecule has 0 spiro atoms. The number of benzene rings is 2. The van der Waals surface area contributed by atoms with E-state index in [2.05, 4.69) is 15.7 Å². The maximum atomic E-state index is 13.1. The van der Waals surface area contributed by atoms with E-state index >= 15 is 0 Å². The number of esters is 1. The van der Waals surface area contributed by atoms with Gasteiger partial charge < -0.3 is 9.64 Å². The van der Waals surface area contributed by atoms with Gasteiger partial charge in [-0.15, -0.1) is 0 Å². The van der Waals surface area contributed by atoms with Crippen molar-refractivity contribution in [3.63, 3.8) is 0 Å². The Labute approximate surface area is 175 Å². The quantitative estimate of drug-likeness (QED) is 0.688. The zero-order valence-corrected chi connectivity index (χ0v) is 17.4. The summed E-state index contributed by atoms with van der Waals surface area (Å²) < 4.78 is 32.3. The minimum atomic E-state index is -3.80. The fourth-order valence-electron chi connectivity index (χ4n) is 3.23. The third kappa shape index (κ3) is 4.53. The van der Waals surface area contributed by atoms with Crippen molar-refractivity contribution >= 4 is 33.3 Å². The molecule has 0 amide bonds. The number of hydrogen-bond donors (Lipinski definition) is 0. The molecular formula is C20H20ClN3O4S. The minimum Gasteiger partial charge on any atom is -0.465 e. The molecule has 0 aromatic heterocycles. The van der Waals surface area contributed by atoms with Crippen LogP contribution in [0.25, 0.3) is 0 Å². The van der Waals surface area contributed by atoms with E-state index in [1.165, 1.54) is 29.6 Å². The van der Waals surface area contributed by atoms with Crippen LogP contribution in [0.15, 0.2) is 47.4 Å². The van der Waals surface area contributed by atoms with Gasteiger partial charge in [0.1, 0.15) is 4.90 Å². The second-order valence-corrected chi connectivity index (χ2v) is 8.85. The maximum absolute atomic E-state index is 13.1. The van der Waals surface area contributed by atoms with Crippen molar-refractivity contribution in [3.05, 3.63) is 58.6 Å². The molecule has 152 valence electrons. The van der Waals surface area contributed by atoms with Gasteiger partial charge in [0.15, 0.2) is 0 Å². The number of nitrogens with zero attached hydrogens (tertiary/aromatic N) is 3. The summed E-state index contributed by atoms with van der Waals surface area (Å²) in [5.41, 5.74) is 1.72. The molecule has 0 N–H and O–H groups in total. The first kappa shape index (κ1) is 21.1. The van der Waals surface area contributed by atoms with Crippen LogP contribution in [0, 0.1) is 11.3 Å². The molecule has 3 rings (SSSR count). The van der Waals surface area contributed by atoms with E-state index in [9.17, 15) is 13.2 Å². The highest BCUT2D eigenvalue weighted by Crippen LogP contribution is 2.27. The highest BCUT2D eigenvalue weighted by Gasteiger charge is 2.29. The number of nitriles is 1. The lowest BCUT2D eigenvalue weighted by molar-refractivity contribution is 0.0600. The zero-order valence-electron chi connectivity index (χ0n) is 15.8. The molecule has 9 heteroatoms. The van der Waals surface area contributed by atoms with Crippen molar-refractivity contribution in [1.82, 2.24) is 4.31 Å². The molecule has 0 unspecified atom stereocenters. The number of halogens is 1. The molecule has 0 bridgehead atoms. The fraction of sp³-hybridized carbons (Fsp3) is 0.300.